The molecule has 1 atom stereocenters. The van der Waals surface area contributed by atoms with Crippen LogP contribution in [-0.4, -0.2) is 58.7 Å². The highest BCUT2D eigenvalue weighted by atomic mass is 16.6. The quantitative estimate of drug-likeness (QED) is 0.639. The first-order valence-electron chi connectivity index (χ1n) is 12.5. The summed E-state index contributed by atoms with van der Waals surface area (Å²) in [6.45, 7) is 4.28. The number of hydrogen-bond donors (Lipinski definition) is 0. The Morgan fingerprint density at radius 3 is 2.54 bits per heavy atom. The van der Waals surface area contributed by atoms with Crippen LogP contribution in [0, 0.1) is 0 Å². The van der Waals surface area contributed by atoms with Crippen molar-refractivity contribution in [1.82, 2.24) is 14.8 Å². The Bertz CT molecular complexity index is 1250. The van der Waals surface area contributed by atoms with Gasteiger partial charge in [-0.3, -0.25) is 14.6 Å². The van der Waals surface area contributed by atoms with Gasteiger partial charge in [0.2, 0.25) is 11.8 Å². The smallest absolute Gasteiger partial charge is 0.341 e. The fourth-order valence-corrected chi connectivity index (χ4v) is 5.94. The van der Waals surface area contributed by atoms with Crippen molar-refractivity contribution in [2.24, 2.45) is 0 Å². The van der Waals surface area contributed by atoms with Gasteiger partial charge in [0.15, 0.2) is 5.60 Å². The normalized spacial score (nSPS) is 24.3. The molecule has 2 fully saturated rings. The first kappa shape index (κ1) is 22.0. The molecule has 35 heavy (non-hydrogen) atoms. The van der Waals surface area contributed by atoms with E-state index in [-0.39, 0.29) is 17.8 Å². The number of pyridine rings is 1. The molecule has 2 amide bonds. The number of amides is 2. The minimum atomic E-state index is -0.745. The van der Waals surface area contributed by atoms with Crippen LogP contribution in [0.25, 0.3) is 5.57 Å². The number of hydrogen-bond acceptors (Lipinski definition) is 5. The zero-order valence-electron chi connectivity index (χ0n) is 20.0. The molecule has 1 spiro atoms. The standard InChI is InChI=1S/C28H29N3O4/c1-2-24(32)30-14-8-20(9-15-30)19-3-5-21(6-4-19)27(10-11-27)26(34)31-16-12-28(18-31)23-7-13-29-17-22(23)25(33)35-28/h3-8,13,17H,2,9-12,14-16,18H2,1H3/t28-/m0/s1. The predicted octanol–water partition coefficient (Wildman–Crippen LogP) is 3.44. The molecule has 180 valence electrons. The molecule has 4 aliphatic rings. The van der Waals surface area contributed by atoms with Gasteiger partial charge in [-0.25, -0.2) is 4.79 Å². The molecule has 0 N–H and O–H groups in total. The predicted molar refractivity (Wildman–Crippen MR) is 129 cm³/mol. The number of fused-ring (bicyclic) bond motifs is 2. The molecule has 0 bridgehead atoms. The average molecular weight is 472 g/mol. The maximum Gasteiger partial charge on any atom is 0.341 e. The van der Waals surface area contributed by atoms with E-state index in [4.69, 9.17) is 4.74 Å². The van der Waals surface area contributed by atoms with E-state index in [0.29, 0.717) is 38.0 Å². The summed E-state index contributed by atoms with van der Waals surface area (Å²) in [5.74, 6) is -0.0225. The summed E-state index contributed by atoms with van der Waals surface area (Å²) in [5.41, 5.74) is 3.61. The summed E-state index contributed by atoms with van der Waals surface area (Å²) in [6, 6.07) is 10.2. The third-order valence-electron chi connectivity index (χ3n) is 8.17. The van der Waals surface area contributed by atoms with Gasteiger partial charge in [-0.1, -0.05) is 37.3 Å². The van der Waals surface area contributed by atoms with Gasteiger partial charge in [0.25, 0.3) is 0 Å². The Kier molecular flexibility index (Phi) is 5.06. The lowest BCUT2D eigenvalue weighted by molar-refractivity contribution is -0.134. The van der Waals surface area contributed by atoms with Gasteiger partial charge >= 0.3 is 5.97 Å². The van der Waals surface area contributed by atoms with Gasteiger partial charge in [-0.05, 0) is 42.0 Å². The molecule has 1 aromatic heterocycles. The topological polar surface area (TPSA) is 79.8 Å². The van der Waals surface area contributed by atoms with Gasteiger partial charge in [-0.15, -0.1) is 0 Å². The molecule has 1 saturated heterocycles. The van der Waals surface area contributed by atoms with Gasteiger partial charge in [0.05, 0.1) is 17.5 Å². The van der Waals surface area contributed by atoms with Crippen molar-refractivity contribution < 1.29 is 19.1 Å². The SMILES string of the molecule is CCC(=O)N1CC=C(c2ccc(C3(C(=O)N4CC[C@@]5(C4)OC(=O)c4cnccc45)CC3)cc2)CC1. The van der Waals surface area contributed by atoms with Crippen molar-refractivity contribution in [2.75, 3.05) is 26.2 Å². The fourth-order valence-electron chi connectivity index (χ4n) is 5.94. The highest BCUT2D eigenvalue weighted by molar-refractivity contribution is 5.95. The summed E-state index contributed by atoms with van der Waals surface area (Å²) in [6.07, 6.45) is 9.06. The summed E-state index contributed by atoms with van der Waals surface area (Å²) in [5, 5.41) is 0. The Morgan fingerprint density at radius 2 is 1.86 bits per heavy atom. The lowest BCUT2D eigenvalue weighted by atomic mass is 9.90. The van der Waals surface area contributed by atoms with Crippen molar-refractivity contribution in [3.8, 4) is 0 Å². The molecule has 4 heterocycles. The van der Waals surface area contributed by atoms with E-state index in [2.05, 4.69) is 35.3 Å². The minimum Gasteiger partial charge on any atom is -0.449 e. The van der Waals surface area contributed by atoms with E-state index >= 15 is 0 Å². The van der Waals surface area contributed by atoms with Crippen LogP contribution in [0.3, 0.4) is 0 Å². The Morgan fingerprint density at radius 1 is 1.06 bits per heavy atom. The molecule has 0 unspecified atom stereocenters. The van der Waals surface area contributed by atoms with Crippen LogP contribution in [-0.2, 0) is 25.3 Å². The molecule has 0 radical (unpaired) electrons. The second kappa shape index (κ2) is 8.04. The number of carbonyl (C=O) groups is 3. The van der Waals surface area contributed by atoms with Crippen LogP contribution in [0.5, 0.6) is 0 Å². The molecule has 7 nitrogen and oxygen atoms in total. The zero-order chi connectivity index (χ0) is 24.2. The first-order chi connectivity index (χ1) is 17.0. The van der Waals surface area contributed by atoms with E-state index in [9.17, 15) is 14.4 Å². The van der Waals surface area contributed by atoms with Crippen molar-refractivity contribution >= 4 is 23.4 Å². The van der Waals surface area contributed by atoms with Crippen molar-refractivity contribution in [3.63, 3.8) is 0 Å². The van der Waals surface area contributed by atoms with Crippen molar-refractivity contribution in [2.45, 2.75) is 50.0 Å². The van der Waals surface area contributed by atoms with E-state index in [1.54, 1.807) is 12.4 Å². The lowest BCUT2D eigenvalue weighted by Crippen LogP contribution is -2.40. The first-order valence-corrected chi connectivity index (χ1v) is 12.5. The van der Waals surface area contributed by atoms with Gasteiger partial charge < -0.3 is 14.5 Å². The number of carbonyl (C=O) groups excluding carboxylic acids is 3. The maximum absolute atomic E-state index is 13.7. The third kappa shape index (κ3) is 3.48. The molecule has 1 saturated carbocycles. The van der Waals surface area contributed by atoms with Crippen molar-refractivity contribution in [1.29, 1.82) is 0 Å². The number of esters is 1. The van der Waals surface area contributed by atoms with E-state index < -0.39 is 11.0 Å². The average Bonchev–Trinajstić information content (AvgIpc) is 3.54. The highest BCUT2D eigenvalue weighted by Crippen LogP contribution is 2.52. The molecule has 1 aromatic carbocycles. The van der Waals surface area contributed by atoms with Crippen LogP contribution >= 0.6 is 0 Å². The number of ether oxygens (including phenoxy) is 1. The summed E-state index contributed by atoms with van der Waals surface area (Å²) < 4.78 is 5.81. The molecular formula is C28H29N3O4. The van der Waals surface area contributed by atoms with Crippen LogP contribution < -0.4 is 0 Å². The largest absolute Gasteiger partial charge is 0.449 e. The summed E-state index contributed by atoms with van der Waals surface area (Å²) in [7, 11) is 0. The molecule has 1 aliphatic carbocycles. The Balaban J connectivity index is 1.17. The zero-order valence-corrected chi connectivity index (χ0v) is 20.0. The summed E-state index contributed by atoms with van der Waals surface area (Å²) in [4.78, 5) is 45.9. The molecule has 6 rings (SSSR count). The number of nitrogens with zero attached hydrogens (tertiary/aromatic N) is 3. The summed E-state index contributed by atoms with van der Waals surface area (Å²) >= 11 is 0. The van der Waals surface area contributed by atoms with E-state index in [1.165, 1.54) is 5.57 Å². The Hall–Kier alpha value is -3.48. The fraction of sp³-hybridized carbons (Fsp3) is 0.429. The van der Waals surface area contributed by atoms with Crippen LogP contribution in [0.1, 0.15) is 66.1 Å². The van der Waals surface area contributed by atoms with Gasteiger partial charge in [-0.2, -0.15) is 0 Å². The number of likely N-dealkylation sites (tertiary alicyclic amines) is 1. The van der Waals surface area contributed by atoms with Crippen LogP contribution in [0.4, 0.5) is 0 Å². The number of benzene rings is 1. The minimum absolute atomic E-state index is 0.131. The van der Waals surface area contributed by atoms with Gasteiger partial charge in [0.1, 0.15) is 0 Å². The number of rotatable bonds is 4. The molecule has 7 heteroatoms. The van der Waals surface area contributed by atoms with Crippen LogP contribution in [0.15, 0.2) is 48.8 Å². The molecular weight excluding hydrogens is 442 g/mol. The molecule has 3 aliphatic heterocycles. The molecule has 2 aromatic rings. The van der Waals surface area contributed by atoms with Gasteiger partial charge in [0, 0.05) is 50.4 Å². The van der Waals surface area contributed by atoms with Crippen molar-refractivity contribution in [3.05, 3.63) is 71.1 Å². The second-order valence-electron chi connectivity index (χ2n) is 10.1. The van der Waals surface area contributed by atoms with Crippen LogP contribution in [0.2, 0.25) is 0 Å². The second-order valence-corrected chi connectivity index (χ2v) is 10.1. The third-order valence-corrected chi connectivity index (χ3v) is 8.17. The monoisotopic (exact) mass is 471 g/mol. The van der Waals surface area contributed by atoms with E-state index in [1.807, 2.05) is 22.8 Å². The highest BCUT2D eigenvalue weighted by Gasteiger charge is 2.57. The number of aromatic nitrogens is 1. The maximum atomic E-state index is 13.7. The lowest BCUT2D eigenvalue weighted by Gasteiger charge is -2.27. The van der Waals surface area contributed by atoms with E-state index in [0.717, 1.165) is 42.5 Å². The Labute approximate surface area is 204 Å².